The van der Waals surface area contributed by atoms with Gasteiger partial charge in [0.2, 0.25) is 0 Å². The van der Waals surface area contributed by atoms with Gasteiger partial charge in [0, 0.05) is 24.9 Å². The van der Waals surface area contributed by atoms with Gasteiger partial charge in [0.25, 0.3) is 0 Å². The van der Waals surface area contributed by atoms with Crippen LogP contribution in [0, 0.1) is 0 Å². The van der Waals surface area contributed by atoms with Crippen molar-refractivity contribution in [3.8, 4) is 0 Å². The Hall–Kier alpha value is -1.41. The molecule has 17 heavy (non-hydrogen) atoms. The summed E-state index contributed by atoms with van der Waals surface area (Å²) in [6.45, 7) is 8.62. The van der Waals surface area contributed by atoms with Crippen molar-refractivity contribution >= 4 is 0 Å². The molecule has 0 atom stereocenters. The van der Waals surface area contributed by atoms with Gasteiger partial charge in [0.15, 0.2) is 0 Å². The normalized spacial score (nSPS) is 11.2. The first kappa shape index (κ1) is 15.6. The number of pyridine rings is 1. The maximum Gasteiger partial charge on any atom is 0.0447 e. The molecule has 0 fully saturated rings. The average Bonchev–Trinajstić information content (AvgIpc) is 2.41. The molecule has 2 heteroatoms. The highest BCUT2D eigenvalue weighted by Crippen LogP contribution is 2.08. The Morgan fingerprint density at radius 3 is 2.41 bits per heavy atom. The summed E-state index contributed by atoms with van der Waals surface area (Å²) in [4.78, 5) is 4.36. The molecule has 1 aromatic heterocycles. The maximum atomic E-state index is 5.51. The van der Waals surface area contributed by atoms with Crippen LogP contribution in [-0.4, -0.2) is 4.98 Å². The molecule has 0 aliphatic rings. The first-order chi connectivity index (χ1) is 8.30. The van der Waals surface area contributed by atoms with Crippen LogP contribution < -0.4 is 5.73 Å². The van der Waals surface area contributed by atoms with E-state index in [4.69, 9.17) is 5.73 Å². The number of allylic oxidation sites excluding steroid dienone is 4. The zero-order valence-electron chi connectivity index (χ0n) is 11.4. The third kappa shape index (κ3) is 6.03. The Balaban J connectivity index is 0.00000121. The summed E-state index contributed by atoms with van der Waals surface area (Å²) in [7, 11) is 0. The smallest absolute Gasteiger partial charge is 0.0447 e. The van der Waals surface area contributed by atoms with Gasteiger partial charge in [-0.15, -0.1) is 0 Å². The van der Waals surface area contributed by atoms with Crippen LogP contribution in [0.1, 0.15) is 39.0 Å². The monoisotopic (exact) mass is 232 g/mol. The molecule has 0 saturated heterocycles. The third-order valence-electron chi connectivity index (χ3n) is 2.26. The zero-order valence-corrected chi connectivity index (χ0v) is 11.4. The van der Waals surface area contributed by atoms with E-state index < -0.39 is 0 Å². The van der Waals surface area contributed by atoms with Gasteiger partial charge < -0.3 is 5.73 Å². The summed E-state index contributed by atoms with van der Waals surface area (Å²) in [5, 5.41) is 0. The van der Waals surface area contributed by atoms with Crippen molar-refractivity contribution in [1.82, 2.24) is 4.98 Å². The van der Waals surface area contributed by atoms with Crippen LogP contribution in [0.2, 0.25) is 0 Å². The van der Waals surface area contributed by atoms with Crippen molar-refractivity contribution in [2.45, 2.75) is 40.7 Å². The lowest BCUT2D eigenvalue weighted by Crippen LogP contribution is -1.98. The van der Waals surface area contributed by atoms with Crippen LogP contribution in [0.4, 0.5) is 0 Å². The van der Waals surface area contributed by atoms with E-state index in [1.54, 1.807) is 0 Å². The Labute approximate surface area is 105 Å². The maximum absolute atomic E-state index is 5.51. The third-order valence-corrected chi connectivity index (χ3v) is 2.26. The SMILES string of the molecule is C/C=C\C(=C/C)Cc1ccc(CN)cn1.CC. The van der Waals surface area contributed by atoms with Crippen LogP contribution in [0.5, 0.6) is 0 Å². The van der Waals surface area contributed by atoms with Crippen LogP contribution in [0.25, 0.3) is 0 Å². The molecule has 2 nitrogen and oxygen atoms in total. The Morgan fingerprint density at radius 1 is 1.29 bits per heavy atom. The Morgan fingerprint density at radius 2 is 2.00 bits per heavy atom. The lowest BCUT2D eigenvalue weighted by Gasteiger charge is -2.02. The van der Waals surface area contributed by atoms with Gasteiger partial charge in [-0.25, -0.2) is 0 Å². The molecule has 0 amide bonds. The van der Waals surface area contributed by atoms with Crippen LogP contribution in [-0.2, 0) is 13.0 Å². The van der Waals surface area contributed by atoms with E-state index >= 15 is 0 Å². The number of hydrogen-bond acceptors (Lipinski definition) is 2. The predicted molar refractivity (Wildman–Crippen MR) is 75.8 cm³/mol. The van der Waals surface area contributed by atoms with Crippen molar-refractivity contribution in [3.63, 3.8) is 0 Å². The Kier molecular flexibility index (Phi) is 8.98. The van der Waals surface area contributed by atoms with Crippen LogP contribution in [0.3, 0.4) is 0 Å². The van der Waals surface area contributed by atoms with E-state index in [1.165, 1.54) is 5.57 Å². The fraction of sp³-hybridized carbons (Fsp3) is 0.400. The van der Waals surface area contributed by atoms with Gasteiger partial charge in [-0.1, -0.05) is 38.1 Å². The lowest BCUT2D eigenvalue weighted by atomic mass is 10.1. The van der Waals surface area contributed by atoms with Gasteiger partial charge in [0.1, 0.15) is 0 Å². The topological polar surface area (TPSA) is 38.9 Å². The molecule has 0 aliphatic carbocycles. The van der Waals surface area contributed by atoms with Gasteiger partial charge in [-0.3, -0.25) is 4.98 Å². The predicted octanol–water partition coefficient (Wildman–Crippen LogP) is 3.63. The number of rotatable bonds is 4. The fourth-order valence-corrected chi connectivity index (χ4v) is 1.36. The van der Waals surface area contributed by atoms with Crippen LogP contribution >= 0.6 is 0 Å². The molecule has 0 unspecified atom stereocenters. The molecule has 0 saturated carbocycles. The van der Waals surface area contributed by atoms with Crippen molar-refractivity contribution in [3.05, 3.63) is 53.4 Å². The highest BCUT2D eigenvalue weighted by molar-refractivity contribution is 5.25. The molecular formula is C15H24N2. The van der Waals surface area contributed by atoms with Crippen molar-refractivity contribution in [1.29, 1.82) is 0 Å². The largest absolute Gasteiger partial charge is 0.326 e. The minimum atomic E-state index is 0.554. The molecule has 0 aliphatic heterocycles. The van der Waals surface area contributed by atoms with Crippen molar-refractivity contribution < 1.29 is 0 Å². The second-order valence-corrected chi connectivity index (χ2v) is 3.40. The molecule has 1 aromatic rings. The van der Waals surface area contributed by atoms with E-state index in [9.17, 15) is 0 Å². The molecule has 0 aromatic carbocycles. The van der Waals surface area contributed by atoms with Gasteiger partial charge in [0.05, 0.1) is 0 Å². The molecule has 1 rings (SSSR count). The summed E-state index contributed by atoms with van der Waals surface area (Å²) in [6.07, 6.45) is 8.99. The second-order valence-electron chi connectivity index (χ2n) is 3.40. The summed E-state index contributed by atoms with van der Waals surface area (Å²) in [6, 6.07) is 4.07. The zero-order chi connectivity index (χ0) is 13.1. The number of aromatic nitrogens is 1. The summed E-state index contributed by atoms with van der Waals surface area (Å²) < 4.78 is 0. The van der Waals surface area contributed by atoms with E-state index in [0.29, 0.717) is 6.54 Å². The molecule has 0 radical (unpaired) electrons. The molecule has 94 valence electrons. The van der Waals surface area contributed by atoms with Crippen LogP contribution in [0.15, 0.2) is 42.1 Å². The summed E-state index contributed by atoms with van der Waals surface area (Å²) >= 11 is 0. The molecule has 0 spiro atoms. The molecule has 1 heterocycles. The first-order valence-corrected chi connectivity index (χ1v) is 6.22. The standard InChI is InChI=1S/C13H18N2.C2H6/c1-3-5-11(4-2)8-13-7-6-12(9-14)10-15-13;1-2/h3-7,10H,8-9,14H2,1-2H3;1-2H3/b5-3-,11-4+;. The van der Waals surface area contributed by atoms with Gasteiger partial charge >= 0.3 is 0 Å². The molecular weight excluding hydrogens is 208 g/mol. The summed E-state index contributed by atoms with van der Waals surface area (Å²) in [5.41, 5.74) is 8.95. The molecule has 0 bridgehead atoms. The fourth-order valence-electron chi connectivity index (χ4n) is 1.36. The number of hydrogen-bond donors (Lipinski definition) is 1. The van der Waals surface area contributed by atoms with E-state index in [-0.39, 0.29) is 0 Å². The van der Waals surface area contributed by atoms with E-state index in [1.807, 2.05) is 52.1 Å². The minimum absolute atomic E-state index is 0.554. The number of nitrogens with zero attached hydrogens (tertiary/aromatic N) is 1. The van der Waals surface area contributed by atoms with Gasteiger partial charge in [-0.05, 0) is 31.1 Å². The number of nitrogens with two attached hydrogens (primary N) is 1. The highest BCUT2D eigenvalue weighted by atomic mass is 14.7. The van der Waals surface area contributed by atoms with E-state index in [2.05, 4.69) is 17.1 Å². The molecule has 2 N–H and O–H groups in total. The Bertz CT molecular complexity index is 348. The minimum Gasteiger partial charge on any atom is -0.326 e. The quantitative estimate of drug-likeness (QED) is 0.805. The summed E-state index contributed by atoms with van der Waals surface area (Å²) in [5.74, 6) is 0. The van der Waals surface area contributed by atoms with Gasteiger partial charge in [-0.2, -0.15) is 0 Å². The first-order valence-electron chi connectivity index (χ1n) is 6.22. The highest BCUT2D eigenvalue weighted by Gasteiger charge is 1.97. The second kappa shape index (κ2) is 9.79. The average molecular weight is 232 g/mol. The lowest BCUT2D eigenvalue weighted by molar-refractivity contribution is 1.00. The van der Waals surface area contributed by atoms with E-state index in [0.717, 1.165) is 17.7 Å². The van der Waals surface area contributed by atoms with Crippen molar-refractivity contribution in [2.75, 3.05) is 0 Å². The van der Waals surface area contributed by atoms with Crippen molar-refractivity contribution in [2.24, 2.45) is 5.73 Å².